The Balaban J connectivity index is 2.69. The lowest BCUT2D eigenvalue weighted by molar-refractivity contribution is 0.338. The first kappa shape index (κ1) is 13.7. The molecule has 1 aliphatic carbocycles. The zero-order valence-corrected chi connectivity index (χ0v) is 12.9. The van der Waals surface area contributed by atoms with Gasteiger partial charge in [0.1, 0.15) is 0 Å². The number of methoxy groups -OCH3 is 2. The highest BCUT2D eigenvalue weighted by Gasteiger charge is 2.31. The Morgan fingerprint density at radius 3 is 2.50 bits per heavy atom. The minimum atomic E-state index is 0.331. The molecule has 0 bridgehead atoms. The Morgan fingerprint density at radius 1 is 1.22 bits per heavy atom. The largest absolute Gasteiger partial charge is 0.493 e. The van der Waals surface area contributed by atoms with Crippen molar-refractivity contribution < 1.29 is 9.47 Å². The smallest absolute Gasteiger partial charge is 0.165 e. The van der Waals surface area contributed by atoms with Crippen molar-refractivity contribution in [2.45, 2.75) is 31.7 Å². The molecule has 3 nitrogen and oxygen atoms in total. The number of nitrogens with one attached hydrogen (secondary N) is 1. The van der Waals surface area contributed by atoms with Gasteiger partial charge in [0, 0.05) is 16.1 Å². The summed E-state index contributed by atoms with van der Waals surface area (Å²) in [6.07, 6.45) is 2.31. The number of fused-ring (bicyclic) bond motifs is 1. The van der Waals surface area contributed by atoms with Crippen molar-refractivity contribution in [2.24, 2.45) is 0 Å². The maximum Gasteiger partial charge on any atom is 0.165 e. The molecular weight excluding hydrogens is 294 g/mol. The number of ether oxygens (including phenoxy) is 2. The van der Waals surface area contributed by atoms with E-state index >= 15 is 0 Å². The van der Waals surface area contributed by atoms with Crippen LogP contribution in [0, 0.1) is 0 Å². The minimum absolute atomic E-state index is 0.331. The lowest BCUT2D eigenvalue weighted by Crippen LogP contribution is -2.24. The summed E-state index contributed by atoms with van der Waals surface area (Å²) in [7, 11) is 5.38. The Morgan fingerprint density at radius 2 is 1.94 bits per heavy atom. The van der Waals surface area contributed by atoms with Gasteiger partial charge in [-0.2, -0.15) is 0 Å². The van der Waals surface area contributed by atoms with Crippen molar-refractivity contribution in [1.29, 1.82) is 0 Å². The standard InChI is InChI=1S/C14H20BrNO2/c1-8-5-6-10(16-2)13-12(8)9(15)7-11(17-3)14(13)18-4/h7-8,10,16H,5-6H2,1-4H3. The molecule has 0 heterocycles. The van der Waals surface area contributed by atoms with Gasteiger partial charge in [0.05, 0.1) is 14.2 Å². The van der Waals surface area contributed by atoms with Crippen LogP contribution in [0.5, 0.6) is 11.5 Å². The molecule has 0 aliphatic heterocycles. The van der Waals surface area contributed by atoms with E-state index in [4.69, 9.17) is 9.47 Å². The lowest BCUT2D eigenvalue weighted by Gasteiger charge is -2.32. The van der Waals surface area contributed by atoms with Gasteiger partial charge in [-0.3, -0.25) is 0 Å². The van der Waals surface area contributed by atoms with Crippen LogP contribution < -0.4 is 14.8 Å². The molecule has 18 heavy (non-hydrogen) atoms. The fourth-order valence-corrected chi connectivity index (χ4v) is 3.66. The molecule has 0 saturated heterocycles. The van der Waals surface area contributed by atoms with Gasteiger partial charge in [-0.05, 0) is 37.4 Å². The molecule has 0 fully saturated rings. The number of hydrogen-bond donors (Lipinski definition) is 1. The zero-order valence-electron chi connectivity index (χ0n) is 11.3. The summed E-state index contributed by atoms with van der Waals surface area (Å²) in [5.74, 6) is 2.19. The van der Waals surface area contributed by atoms with Crippen LogP contribution in [0.3, 0.4) is 0 Å². The molecule has 2 unspecified atom stereocenters. The third-order valence-electron chi connectivity index (χ3n) is 3.78. The van der Waals surface area contributed by atoms with Crippen LogP contribution in [-0.4, -0.2) is 21.3 Å². The highest BCUT2D eigenvalue weighted by molar-refractivity contribution is 9.10. The second kappa shape index (κ2) is 5.49. The Bertz CT molecular complexity index is 448. The summed E-state index contributed by atoms with van der Waals surface area (Å²) < 4.78 is 12.1. The highest BCUT2D eigenvalue weighted by Crippen LogP contribution is 2.49. The van der Waals surface area contributed by atoms with E-state index in [9.17, 15) is 0 Å². The zero-order chi connectivity index (χ0) is 13.3. The van der Waals surface area contributed by atoms with E-state index in [2.05, 4.69) is 28.2 Å². The van der Waals surface area contributed by atoms with Crippen LogP contribution >= 0.6 is 15.9 Å². The molecule has 1 aromatic rings. The third kappa shape index (κ3) is 2.12. The quantitative estimate of drug-likeness (QED) is 0.924. The Kier molecular flexibility index (Phi) is 4.17. The summed E-state index contributed by atoms with van der Waals surface area (Å²) in [5, 5.41) is 3.38. The maximum absolute atomic E-state index is 5.58. The van der Waals surface area contributed by atoms with Gasteiger partial charge in [0.25, 0.3) is 0 Å². The molecular formula is C14H20BrNO2. The van der Waals surface area contributed by atoms with E-state index in [0.29, 0.717) is 12.0 Å². The van der Waals surface area contributed by atoms with Crippen LogP contribution in [0.25, 0.3) is 0 Å². The molecule has 1 aliphatic rings. The predicted octanol–water partition coefficient (Wildman–Crippen LogP) is 3.62. The summed E-state index contributed by atoms with van der Waals surface area (Å²) in [4.78, 5) is 0. The first-order valence-electron chi connectivity index (χ1n) is 6.25. The monoisotopic (exact) mass is 313 g/mol. The molecule has 2 rings (SSSR count). The molecule has 0 aromatic heterocycles. The van der Waals surface area contributed by atoms with E-state index < -0.39 is 0 Å². The number of benzene rings is 1. The average Bonchev–Trinajstić information content (AvgIpc) is 2.38. The van der Waals surface area contributed by atoms with Crippen LogP contribution in [-0.2, 0) is 0 Å². The van der Waals surface area contributed by atoms with Gasteiger partial charge in [-0.15, -0.1) is 0 Å². The highest BCUT2D eigenvalue weighted by atomic mass is 79.9. The van der Waals surface area contributed by atoms with E-state index in [0.717, 1.165) is 22.4 Å². The Labute approximate surface area is 117 Å². The van der Waals surface area contributed by atoms with Crippen molar-refractivity contribution in [3.8, 4) is 11.5 Å². The van der Waals surface area contributed by atoms with Crippen LogP contribution in [0.2, 0.25) is 0 Å². The van der Waals surface area contributed by atoms with Gasteiger partial charge in [-0.1, -0.05) is 22.9 Å². The van der Waals surface area contributed by atoms with Crippen molar-refractivity contribution in [3.05, 3.63) is 21.7 Å². The number of hydrogen-bond acceptors (Lipinski definition) is 3. The molecule has 4 heteroatoms. The van der Waals surface area contributed by atoms with Crippen molar-refractivity contribution in [3.63, 3.8) is 0 Å². The molecule has 1 N–H and O–H groups in total. The van der Waals surface area contributed by atoms with Gasteiger partial charge in [0.2, 0.25) is 0 Å². The fraction of sp³-hybridized carbons (Fsp3) is 0.571. The normalized spacial score (nSPS) is 22.5. The number of rotatable bonds is 3. The van der Waals surface area contributed by atoms with Crippen molar-refractivity contribution >= 4 is 15.9 Å². The van der Waals surface area contributed by atoms with E-state index in [1.54, 1.807) is 14.2 Å². The average molecular weight is 314 g/mol. The van der Waals surface area contributed by atoms with E-state index in [1.807, 2.05) is 13.1 Å². The second-order valence-electron chi connectivity index (χ2n) is 4.74. The van der Waals surface area contributed by atoms with Gasteiger partial charge < -0.3 is 14.8 Å². The summed E-state index contributed by atoms with van der Waals surface area (Å²) in [5.41, 5.74) is 2.59. The van der Waals surface area contributed by atoms with E-state index in [1.165, 1.54) is 17.5 Å². The van der Waals surface area contributed by atoms with Gasteiger partial charge >= 0.3 is 0 Å². The molecule has 1 aromatic carbocycles. The SMILES string of the molecule is CNC1CCC(C)c2c(Br)cc(OC)c(OC)c21. The first-order valence-corrected chi connectivity index (χ1v) is 7.04. The third-order valence-corrected chi connectivity index (χ3v) is 4.43. The molecule has 0 spiro atoms. The van der Waals surface area contributed by atoms with Gasteiger partial charge in [0.15, 0.2) is 11.5 Å². The molecule has 0 radical (unpaired) electrons. The Hall–Kier alpha value is -0.740. The number of halogens is 1. The van der Waals surface area contributed by atoms with Crippen LogP contribution in [0.15, 0.2) is 10.5 Å². The molecule has 0 amide bonds. The van der Waals surface area contributed by atoms with E-state index in [-0.39, 0.29) is 0 Å². The van der Waals surface area contributed by atoms with Crippen LogP contribution in [0.1, 0.15) is 42.9 Å². The summed E-state index contributed by atoms with van der Waals surface area (Å²) in [6, 6.07) is 2.34. The summed E-state index contributed by atoms with van der Waals surface area (Å²) in [6.45, 7) is 2.27. The predicted molar refractivity (Wildman–Crippen MR) is 76.7 cm³/mol. The molecule has 2 atom stereocenters. The lowest BCUT2D eigenvalue weighted by atomic mass is 9.80. The molecule has 0 saturated carbocycles. The van der Waals surface area contributed by atoms with Crippen molar-refractivity contribution in [1.82, 2.24) is 5.32 Å². The summed E-state index contributed by atoms with van der Waals surface area (Å²) >= 11 is 3.67. The van der Waals surface area contributed by atoms with Gasteiger partial charge in [-0.25, -0.2) is 0 Å². The first-order chi connectivity index (χ1) is 8.63. The second-order valence-corrected chi connectivity index (χ2v) is 5.60. The topological polar surface area (TPSA) is 30.5 Å². The minimum Gasteiger partial charge on any atom is -0.493 e. The maximum atomic E-state index is 5.58. The van der Waals surface area contributed by atoms with Crippen molar-refractivity contribution in [2.75, 3.05) is 21.3 Å². The fourth-order valence-electron chi connectivity index (χ4n) is 2.85. The molecule has 100 valence electrons. The van der Waals surface area contributed by atoms with Crippen LogP contribution in [0.4, 0.5) is 0 Å².